The largest absolute Gasteiger partial charge is 0.321 e. The third-order valence-electron chi connectivity index (χ3n) is 3.13. The smallest absolute Gasteiger partial charge is 0.273 e. The van der Waals surface area contributed by atoms with Crippen LogP contribution in [0.15, 0.2) is 60.9 Å². The van der Waals surface area contributed by atoms with Crippen LogP contribution in [0.25, 0.3) is 11.3 Å². The zero-order valence-electron chi connectivity index (χ0n) is 11.5. The lowest BCUT2D eigenvalue weighted by atomic mass is 10.1. The maximum Gasteiger partial charge on any atom is 0.273 e. The van der Waals surface area contributed by atoms with Crippen LogP contribution in [0.2, 0.25) is 0 Å². The maximum absolute atomic E-state index is 12.2. The van der Waals surface area contributed by atoms with E-state index in [0.29, 0.717) is 5.69 Å². The van der Waals surface area contributed by atoms with E-state index in [0.717, 1.165) is 16.9 Å². The van der Waals surface area contributed by atoms with Crippen molar-refractivity contribution >= 4 is 11.6 Å². The van der Waals surface area contributed by atoms with Crippen LogP contribution >= 0.6 is 0 Å². The van der Waals surface area contributed by atoms with Crippen LogP contribution in [-0.2, 0) is 7.05 Å². The summed E-state index contributed by atoms with van der Waals surface area (Å²) in [6.45, 7) is 0. The fourth-order valence-corrected chi connectivity index (χ4v) is 2.08. The van der Waals surface area contributed by atoms with Gasteiger partial charge in [0.2, 0.25) is 0 Å². The van der Waals surface area contributed by atoms with Crippen molar-refractivity contribution in [2.75, 3.05) is 5.32 Å². The molecule has 1 N–H and O–H groups in total. The second-order valence-corrected chi connectivity index (χ2v) is 4.59. The summed E-state index contributed by atoms with van der Waals surface area (Å²) in [7, 11) is 1.74. The van der Waals surface area contributed by atoms with E-state index in [1.54, 1.807) is 25.5 Å². The summed E-state index contributed by atoms with van der Waals surface area (Å²) in [6, 6.07) is 15.0. The Morgan fingerprint density at radius 1 is 1.10 bits per heavy atom. The number of nitrogens with zero attached hydrogens (tertiary/aromatic N) is 3. The van der Waals surface area contributed by atoms with Gasteiger partial charge in [-0.2, -0.15) is 5.10 Å². The molecule has 2 aromatic heterocycles. The maximum atomic E-state index is 12.2. The number of carbonyl (C=O) groups excluding carboxylic acids is 1. The van der Waals surface area contributed by atoms with E-state index in [1.165, 1.54) is 4.68 Å². The van der Waals surface area contributed by atoms with E-state index in [2.05, 4.69) is 15.4 Å². The third-order valence-corrected chi connectivity index (χ3v) is 3.13. The molecule has 5 heteroatoms. The molecule has 5 nitrogen and oxygen atoms in total. The summed E-state index contributed by atoms with van der Waals surface area (Å²) in [5.74, 6) is -0.187. The number of carbonyl (C=O) groups is 1. The first-order valence-electron chi connectivity index (χ1n) is 6.55. The molecule has 1 aromatic carbocycles. The van der Waals surface area contributed by atoms with Gasteiger partial charge >= 0.3 is 0 Å². The van der Waals surface area contributed by atoms with Crippen molar-refractivity contribution < 1.29 is 4.79 Å². The number of amides is 1. The highest BCUT2D eigenvalue weighted by atomic mass is 16.2. The number of aryl methyl sites for hydroxylation is 1. The molecule has 0 radical (unpaired) electrons. The van der Waals surface area contributed by atoms with Gasteiger partial charge < -0.3 is 5.32 Å². The zero-order chi connectivity index (χ0) is 14.7. The first kappa shape index (κ1) is 13.1. The molecule has 3 rings (SSSR count). The molecular formula is C16H14N4O. The summed E-state index contributed by atoms with van der Waals surface area (Å²) >= 11 is 0. The second kappa shape index (κ2) is 5.58. The van der Waals surface area contributed by atoms with E-state index in [1.807, 2.05) is 42.5 Å². The first-order chi connectivity index (χ1) is 10.2. The van der Waals surface area contributed by atoms with Crippen molar-refractivity contribution in [1.82, 2.24) is 14.8 Å². The van der Waals surface area contributed by atoms with Gasteiger partial charge in [0.05, 0.1) is 5.69 Å². The van der Waals surface area contributed by atoms with Gasteiger partial charge in [0.15, 0.2) is 0 Å². The van der Waals surface area contributed by atoms with Crippen molar-refractivity contribution in [3.63, 3.8) is 0 Å². The Morgan fingerprint density at radius 3 is 2.71 bits per heavy atom. The summed E-state index contributed by atoms with van der Waals surface area (Å²) in [4.78, 5) is 16.5. The average molecular weight is 278 g/mol. The lowest BCUT2D eigenvalue weighted by molar-refractivity contribution is 0.101. The van der Waals surface area contributed by atoms with Gasteiger partial charge in [-0.15, -0.1) is 0 Å². The summed E-state index contributed by atoms with van der Waals surface area (Å²) in [5.41, 5.74) is 3.06. The van der Waals surface area contributed by atoms with E-state index in [9.17, 15) is 4.79 Å². The number of hydrogen-bond acceptors (Lipinski definition) is 3. The summed E-state index contributed by atoms with van der Waals surface area (Å²) in [5, 5.41) is 6.86. The first-order valence-corrected chi connectivity index (χ1v) is 6.55. The molecule has 3 aromatic rings. The zero-order valence-corrected chi connectivity index (χ0v) is 11.5. The molecule has 0 aliphatic rings. The van der Waals surface area contributed by atoms with Crippen molar-refractivity contribution in [1.29, 1.82) is 0 Å². The summed E-state index contributed by atoms with van der Waals surface area (Å²) < 4.78 is 1.54. The van der Waals surface area contributed by atoms with Crippen molar-refractivity contribution in [2.24, 2.45) is 7.05 Å². The van der Waals surface area contributed by atoms with E-state index in [4.69, 9.17) is 0 Å². The van der Waals surface area contributed by atoms with Crippen molar-refractivity contribution in [3.8, 4) is 11.3 Å². The number of rotatable bonds is 3. The molecular weight excluding hydrogens is 264 g/mol. The van der Waals surface area contributed by atoms with Gasteiger partial charge in [0, 0.05) is 30.7 Å². The lowest BCUT2D eigenvalue weighted by Crippen LogP contribution is -2.16. The quantitative estimate of drug-likeness (QED) is 0.801. The Bertz CT molecular complexity index is 765. The van der Waals surface area contributed by atoms with Gasteiger partial charge in [-0.25, -0.2) is 0 Å². The fourth-order valence-electron chi connectivity index (χ4n) is 2.08. The number of aromatic nitrogens is 3. The Balaban J connectivity index is 1.84. The molecule has 0 saturated carbocycles. The molecule has 21 heavy (non-hydrogen) atoms. The Hall–Kier alpha value is -2.95. The number of hydrogen-bond donors (Lipinski definition) is 1. The van der Waals surface area contributed by atoms with Gasteiger partial charge in [0.25, 0.3) is 5.91 Å². The van der Waals surface area contributed by atoms with Crippen LogP contribution in [0.1, 0.15) is 10.5 Å². The molecule has 0 saturated heterocycles. The number of benzene rings is 1. The molecule has 2 heterocycles. The van der Waals surface area contributed by atoms with Gasteiger partial charge in [-0.05, 0) is 30.3 Å². The lowest BCUT2D eigenvalue weighted by Gasteiger charge is -2.07. The number of pyridine rings is 1. The second-order valence-electron chi connectivity index (χ2n) is 4.59. The topological polar surface area (TPSA) is 59.8 Å². The highest BCUT2D eigenvalue weighted by molar-refractivity contribution is 6.03. The van der Waals surface area contributed by atoms with Crippen molar-refractivity contribution in [2.45, 2.75) is 0 Å². The Morgan fingerprint density at radius 2 is 2.00 bits per heavy atom. The minimum atomic E-state index is -0.187. The van der Waals surface area contributed by atoms with Gasteiger partial charge in [-0.3, -0.25) is 14.5 Å². The van der Waals surface area contributed by atoms with Crippen LogP contribution < -0.4 is 5.32 Å². The van der Waals surface area contributed by atoms with Crippen LogP contribution in [0.5, 0.6) is 0 Å². The fraction of sp³-hybridized carbons (Fsp3) is 0.0625. The number of nitrogens with one attached hydrogen (secondary N) is 1. The highest BCUT2D eigenvalue weighted by Gasteiger charge is 2.10. The van der Waals surface area contributed by atoms with E-state index in [-0.39, 0.29) is 5.91 Å². The van der Waals surface area contributed by atoms with Crippen LogP contribution in [0, 0.1) is 0 Å². The molecule has 0 atom stereocenters. The Kier molecular flexibility index (Phi) is 3.47. The predicted octanol–water partition coefficient (Wildman–Crippen LogP) is 2.73. The molecule has 0 aliphatic carbocycles. The highest BCUT2D eigenvalue weighted by Crippen LogP contribution is 2.20. The minimum Gasteiger partial charge on any atom is -0.321 e. The Labute approximate surface area is 122 Å². The average Bonchev–Trinajstić information content (AvgIpc) is 2.95. The molecule has 0 spiro atoms. The van der Waals surface area contributed by atoms with Crippen LogP contribution in [-0.4, -0.2) is 20.7 Å². The molecule has 104 valence electrons. The van der Waals surface area contributed by atoms with E-state index >= 15 is 0 Å². The van der Waals surface area contributed by atoms with Crippen LogP contribution in [0.3, 0.4) is 0 Å². The standard InChI is InChI=1S/C16H14N4O/c1-20-15(8-10-18-20)16(21)19-13-6-4-5-12(11-13)14-7-2-3-9-17-14/h2-11H,1H3,(H,19,21). The molecule has 0 bridgehead atoms. The molecule has 0 fully saturated rings. The normalized spacial score (nSPS) is 10.3. The van der Waals surface area contributed by atoms with Gasteiger partial charge in [0.1, 0.15) is 5.69 Å². The van der Waals surface area contributed by atoms with Gasteiger partial charge in [-0.1, -0.05) is 18.2 Å². The molecule has 0 unspecified atom stereocenters. The summed E-state index contributed by atoms with van der Waals surface area (Å²) in [6.07, 6.45) is 3.34. The number of anilines is 1. The monoisotopic (exact) mass is 278 g/mol. The molecule has 1 amide bonds. The molecule has 0 aliphatic heterocycles. The third kappa shape index (κ3) is 2.81. The SMILES string of the molecule is Cn1nccc1C(=O)Nc1cccc(-c2ccccn2)c1. The minimum absolute atomic E-state index is 0.187. The predicted molar refractivity (Wildman–Crippen MR) is 80.8 cm³/mol. The van der Waals surface area contributed by atoms with E-state index < -0.39 is 0 Å². The van der Waals surface area contributed by atoms with Crippen LogP contribution in [0.4, 0.5) is 5.69 Å². The van der Waals surface area contributed by atoms with Crippen molar-refractivity contribution in [3.05, 3.63) is 66.6 Å².